The molecule has 428 valence electrons. The van der Waals surface area contributed by atoms with Crippen molar-refractivity contribution in [3.8, 4) is 0 Å². The molecule has 0 aromatic rings. The van der Waals surface area contributed by atoms with Crippen molar-refractivity contribution in [2.24, 2.45) is 11.8 Å². The van der Waals surface area contributed by atoms with E-state index in [2.05, 4.69) is 34.6 Å². The lowest BCUT2D eigenvalue weighted by Crippen LogP contribution is -2.30. The second-order valence-electron chi connectivity index (χ2n) is 23.2. The van der Waals surface area contributed by atoms with E-state index in [1.807, 2.05) is 0 Å². The Morgan fingerprint density at radius 1 is 0.278 bits per heavy atom. The van der Waals surface area contributed by atoms with Crippen molar-refractivity contribution in [3.05, 3.63) is 0 Å². The molecular weight excluding hydrogens is 889 g/mol. The molecule has 0 saturated heterocycles. The first-order chi connectivity index (χ1) is 35.3. The van der Waals surface area contributed by atoms with Crippen LogP contribution in [-0.2, 0) is 28.6 Å². The van der Waals surface area contributed by atoms with E-state index in [9.17, 15) is 14.4 Å². The normalized spacial score (nSPS) is 12.8. The van der Waals surface area contributed by atoms with E-state index in [0.29, 0.717) is 19.3 Å². The van der Waals surface area contributed by atoms with Crippen LogP contribution in [-0.4, -0.2) is 37.2 Å². The summed E-state index contributed by atoms with van der Waals surface area (Å²) >= 11 is 0. The van der Waals surface area contributed by atoms with Gasteiger partial charge in [-0.25, -0.2) is 0 Å². The van der Waals surface area contributed by atoms with Crippen molar-refractivity contribution >= 4 is 17.9 Å². The summed E-state index contributed by atoms with van der Waals surface area (Å²) in [7, 11) is 0. The molecule has 6 nitrogen and oxygen atoms in total. The molecule has 0 aliphatic rings. The Balaban J connectivity index is 4.26. The quantitative estimate of drug-likeness (QED) is 0.0343. The minimum absolute atomic E-state index is 0.0617. The number of carbonyl (C=O) groups excluding carboxylic acids is 3. The van der Waals surface area contributed by atoms with Gasteiger partial charge in [0.15, 0.2) is 6.10 Å². The largest absolute Gasteiger partial charge is 0.462 e. The minimum Gasteiger partial charge on any atom is -0.462 e. The maximum Gasteiger partial charge on any atom is 0.306 e. The zero-order valence-corrected chi connectivity index (χ0v) is 49.6. The summed E-state index contributed by atoms with van der Waals surface area (Å²) in [5, 5.41) is 0. The number of esters is 3. The maximum absolute atomic E-state index is 12.9. The van der Waals surface area contributed by atoms with E-state index >= 15 is 0 Å². The minimum atomic E-state index is -0.764. The Kier molecular flexibility index (Phi) is 57.4. The molecule has 0 N–H and O–H groups in total. The Morgan fingerprint density at radius 3 is 0.722 bits per heavy atom. The van der Waals surface area contributed by atoms with Gasteiger partial charge in [-0.3, -0.25) is 14.4 Å². The molecule has 0 rings (SSSR count). The molecule has 0 aromatic carbocycles. The fourth-order valence-electron chi connectivity index (χ4n) is 10.2. The van der Waals surface area contributed by atoms with Crippen LogP contribution in [0.1, 0.15) is 375 Å². The molecule has 2 unspecified atom stereocenters. The van der Waals surface area contributed by atoms with Crippen molar-refractivity contribution < 1.29 is 28.6 Å². The lowest BCUT2D eigenvalue weighted by atomic mass is 9.99. The Bertz CT molecular complexity index is 1110. The SMILES string of the molecule is CCCCCCCCCCCCCCCCC(=O)OC[C@@H](COC(=O)CCCCCCCCCCCCCCCCCCCCC(C)CC)OC(=O)CCCCCCCCCCCCCCCCC(C)CC. The molecule has 0 bridgehead atoms. The molecular formula is C66H128O6. The van der Waals surface area contributed by atoms with E-state index in [-0.39, 0.29) is 31.1 Å². The Morgan fingerprint density at radius 2 is 0.486 bits per heavy atom. The van der Waals surface area contributed by atoms with E-state index in [1.54, 1.807) is 0 Å². The summed E-state index contributed by atoms with van der Waals surface area (Å²) in [5.41, 5.74) is 0. The molecule has 0 aromatic heterocycles. The highest BCUT2D eigenvalue weighted by atomic mass is 16.6. The van der Waals surface area contributed by atoms with Crippen LogP contribution < -0.4 is 0 Å². The van der Waals surface area contributed by atoms with Gasteiger partial charge in [-0.1, -0.05) is 336 Å². The standard InChI is InChI=1S/C66H128O6/c1-6-9-10-11-12-13-14-15-26-31-36-41-46-51-56-64(67)70-59-63(72-66(69)58-53-48-43-38-33-28-23-22-25-30-35-40-45-50-55-62(5)8-3)60-71-65(68)57-52-47-42-37-32-27-21-19-17-16-18-20-24-29-34-39-44-49-54-61(4)7-2/h61-63H,6-60H2,1-5H3/t61?,62?,63-/m0/s1. The molecule has 0 aliphatic heterocycles. The van der Waals surface area contributed by atoms with Crippen LogP contribution in [0.5, 0.6) is 0 Å². The predicted octanol–water partition coefficient (Wildman–Crippen LogP) is 22.0. The first kappa shape index (κ1) is 70.4. The fourth-order valence-corrected chi connectivity index (χ4v) is 10.2. The number of hydrogen-bond acceptors (Lipinski definition) is 6. The van der Waals surface area contributed by atoms with Crippen molar-refractivity contribution in [1.29, 1.82) is 0 Å². The van der Waals surface area contributed by atoms with Gasteiger partial charge in [0.1, 0.15) is 13.2 Å². The van der Waals surface area contributed by atoms with Crippen LogP contribution >= 0.6 is 0 Å². The van der Waals surface area contributed by atoms with Gasteiger partial charge < -0.3 is 14.2 Å². The molecule has 0 radical (unpaired) electrons. The van der Waals surface area contributed by atoms with Crippen molar-refractivity contribution in [1.82, 2.24) is 0 Å². The average Bonchev–Trinajstić information content (AvgIpc) is 3.38. The van der Waals surface area contributed by atoms with Crippen molar-refractivity contribution in [2.45, 2.75) is 381 Å². The average molecular weight is 1020 g/mol. The third-order valence-electron chi connectivity index (χ3n) is 15.9. The highest BCUT2D eigenvalue weighted by molar-refractivity contribution is 5.71. The summed E-state index contributed by atoms with van der Waals surface area (Å²) < 4.78 is 17.0. The zero-order chi connectivity index (χ0) is 52.5. The number of ether oxygens (including phenoxy) is 3. The fraction of sp³-hybridized carbons (Fsp3) is 0.955. The number of rotatable bonds is 60. The van der Waals surface area contributed by atoms with Gasteiger partial charge in [-0.2, -0.15) is 0 Å². The molecule has 0 fully saturated rings. The molecule has 72 heavy (non-hydrogen) atoms. The summed E-state index contributed by atoms with van der Waals surface area (Å²) in [6.07, 6.45) is 65.2. The van der Waals surface area contributed by atoms with Crippen LogP contribution in [0, 0.1) is 11.8 Å². The lowest BCUT2D eigenvalue weighted by molar-refractivity contribution is -0.167. The van der Waals surface area contributed by atoms with Gasteiger partial charge in [-0.15, -0.1) is 0 Å². The molecule has 0 saturated carbocycles. The van der Waals surface area contributed by atoms with Crippen LogP contribution in [0.15, 0.2) is 0 Å². The molecule has 0 spiro atoms. The van der Waals surface area contributed by atoms with Gasteiger partial charge in [0.2, 0.25) is 0 Å². The second kappa shape index (κ2) is 58.7. The molecule has 0 aliphatic carbocycles. The number of carbonyl (C=O) groups is 3. The van der Waals surface area contributed by atoms with Gasteiger partial charge in [0.25, 0.3) is 0 Å². The van der Waals surface area contributed by atoms with E-state index < -0.39 is 6.10 Å². The third-order valence-corrected chi connectivity index (χ3v) is 15.9. The summed E-state index contributed by atoms with van der Waals surface area (Å²) in [4.78, 5) is 38.3. The van der Waals surface area contributed by atoms with Crippen LogP contribution in [0.25, 0.3) is 0 Å². The monoisotopic (exact) mass is 1020 g/mol. The van der Waals surface area contributed by atoms with Crippen molar-refractivity contribution in [3.63, 3.8) is 0 Å². The molecule has 0 heterocycles. The van der Waals surface area contributed by atoms with Gasteiger partial charge >= 0.3 is 17.9 Å². The molecule has 0 amide bonds. The number of unbranched alkanes of at least 4 members (excludes halogenated alkanes) is 43. The highest BCUT2D eigenvalue weighted by Gasteiger charge is 2.19. The van der Waals surface area contributed by atoms with Crippen molar-refractivity contribution in [2.75, 3.05) is 13.2 Å². The summed E-state index contributed by atoms with van der Waals surface area (Å²) in [5.74, 6) is 0.975. The van der Waals surface area contributed by atoms with Gasteiger partial charge in [0, 0.05) is 19.3 Å². The zero-order valence-electron chi connectivity index (χ0n) is 49.6. The lowest BCUT2D eigenvalue weighted by Gasteiger charge is -2.18. The second-order valence-corrected chi connectivity index (χ2v) is 23.2. The first-order valence-electron chi connectivity index (χ1n) is 32.8. The van der Waals surface area contributed by atoms with Crippen LogP contribution in [0.3, 0.4) is 0 Å². The number of hydrogen-bond donors (Lipinski definition) is 0. The van der Waals surface area contributed by atoms with Crippen LogP contribution in [0.4, 0.5) is 0 Å². The van der Waals surface area contributed by atoms with Gasteiger partial charge in [0.05, 0.1) is 0 Å². The van der Waals surface area contributed by atoms with E-state index in [4.69, 9.17) is 14.2 Å². The first-order valence-corrected chi connectivity index (χ1v) is 32.8. The Labute approximate surface area is 450 Å². The molecule has 3 atom stereocenters. The van der Waals surface area contributed by atoms with Crippen LogP contribution in [0.2, 0.25) is 0 Å². The van der Waals surface area contributed by atoms with E-state index in [0.717, 1.165) is 69.6 Å². The summed E-state index contributed by atoms with van der Waals surface area (Å²) in [6, 6.07) is 0. The van der Waals surface area contributed by atoms with Gasteiger partial charge in [-0.05, 0) is 31.1 Å². The third kappa shape index (κ3) is 56.1. The van der Waals surface area contributed by atoms with E-state index in [1.165, 1.54) is 263 Å². The smallest absolute Gasteiger partial charge is 0.306 e. The summed E-state index contributed by atoms with van der Waals surface area (Å²) in [6.45, 7) is 11.5. The predicted molar refractivity (Wildman–Crippen MR) is 312 cm³/mol. The maximum atomic E-state index is 12.9. The molecule has 6 heteroatoms. The topological polar surface area (TPSA) is 78.9 Å². The highest BCUT2D eigenvalue weighted by Crippen LogP contribution is 2.20. The Hall–Kier alpha value is -1.59.